The van der Waals surface area contributed by atoms with Gasteiger partial charge in [0.15, 0.2) is 0 Å². The van der Waals surface area contributed by atoms with Gasteiger partial charge in [0.1, 0.15) is 18.7 Å². The fraction of sp³-hybridized carbons (Fsp3) is 0.375. The number of amides is 2. The molecule has 1 rings (SSSR count). The quantitative estimate of drug-likeness (QED) is 0.495. The smallest absolute Gasteiger partial charge is 0.408 e. The number of aliphatic hydroxyl groups excluding tert-OH is 1. The van der Waals surface area contributed by atoms with Crippen molar-refractivity contribution in [3.05, 3.63) is 35.9 Å². The SMILES string of the molecule is N#CCC[C@@H](NC(=O)[C@H](CO)NC(=O)OCc1ccccc1)C(=O)O. The number of carbonyl (C=O) groups excluding carboxylic acids is 2. The van der Waals surface area contributed by atoms with E-state index in [0.717, 1.165) is 5.56 Å². The van der Waals surface area contributed by atoms with Crippen molar-refractivity contribution in [2.45, 2.75) is 31.5 Å². The van der Waals surface area contributed by atoms with Crippen molar-refractivity contribution in [1.82, 2.24) is 10.6 Å². The average Bonchev–Trinajstić information content (AvgIpc) is 2.61. The molecular formula is C16H19N3O6. The highest BCUT2D eigenvalue weighted by Crippen LogP contribution is 2.01. The molecule has 1 aromatic carbocycles. The van der Waals surface area contributed by atoms with Crippen LogP contribution in [-0.2, 0) is 20.9 Å². The summed E-state index contributed by atoms with van der Waals surface area (Å²) in [7, 11) is 0. The molecule has 0 fully saturated rings. The van der Waals surface area contributed by atoms with Crippen molar-refractivity contribution >= 4 is 18.0 Å². The van der Waals surface area contributed by atoms with Crippen molar-refractivity contribution in [2.75, 3.05) is 6.61 Å². The Bertz CT molecular complexity index is 629. The molecule has 9 nitrogen and oxygen atoms in total. The molecule has 0 unspecified atom stereocenters. The van der Waals surface area contributed by atoms with Crippen LogP contribution in [0.3, 0.4) is 0 Å². The van der Waals surface area contributed by atoms with Gasteiger partial charge in [-0.2, -0.15) is 5.26 Å². The molecule has 0 saturated carbocycles. The lowest BCUT2D eigenvalue weighted by Crippen LogP contribution is -2.53. The zero-order chi connectivity index (χ0) is 18.7. The number of nitrogens with one attached hydrogen (secondary N) is 2. The zero-order valence-electron chi connectivity index (χ0n) is 13.3. The summed E-state index contributed by atoms with van der Waals surface area (Å²) in [4.78, 5) is 34.7. The molecule has 0 radical (unpaired) electrons. The number of benzene rings is 1. The Kier molecular flexibility index (Phi) is 8.46. The number of hydrogen-bond acceptors (Lipinski definition) is 6. The Hall–Kier alpha value is -3.12. The van der Waals surface area contributed by atoms with Crippen LogP contribution < -0.4 is 10.6 Å². The summed E-state index contributed by atoms with van der Waals surface area (Å²) >= 11 is 0. The normalized spacial score (nSPS) is 12.3. The number of aliphatic carboxylic acids is 1. The first-order valence-electron chi connectivity index (χ1n) is 7.46. The molecule has 0 heterocycles. The van der Waals surface area contributed by atoms with Crippen molar-refractivity contribution < 1.29 is 29.3 Å². The van der Waals surface area contributed by atoms with E-state index in [2.05, 4.69) is 10.6 Å². The molecule has 9 heteroatoms. The molecule has 0 saturated heterocycles. The number of ether oxygens (including phenoxy) is 1. The number of carboxylic acid groups (broad SMARTS) is 1. The van der Waals surface area contributed by atoms with Gasteiger partial charge in [-0.1, -0.05) is 30.3 Å². The van der Waals surface area contributed by atoms with E-state index in [1.54, 1.807) is 36.4 Å². The first-order chi connectivity index (χ1) is 12.0. The summed E-state index contributed by atoms with van der Waals surface area (Å²) in [5, 5.41) is 31.0. The fourth-order valence-corrected chi connectivity index (χ4v) is 1.84. The van der Waals surface area contributed by atoms with Gasteiger partial charge in [-0.05, 0) is 12.0 Å². The molecule has 25 heavy (non-hydrogen) atoms. The lowest BCUT2D eigenvalue weighted by molar-refractivity contribution is -0.142. The van der Waals surface area contributed by atoms with Crippen LogP contribution in [0.5, 0.6) is 0 Å². The van der Waals surface area contributed by atoms with E-state index in [-0.39, 0.29) is 19.4 Å². The van der Waals surface area contributed by atoms with E-state index in [0.29, 0.717) is 0 Å². The van der Waals surface area contributed by atoms with E-state index < -0.39 is 36.7 Å². The highest BCUT2D eigenvalue weighted by molar-refractivity contribution is 5.89. The minimum absolute atomic E-state index is 0.0215. The lowest BCUT2D eigenvalue weighted by atomic mass is 10.1. The first kappa shape index (κ1) is 19.9. The van der Waals surface area contributed by atoms with Gasteiger partial charge in [0.05, 0.1) is 12.7 Å². The Morgan fingerprint density at radius 1 is 1.16 bits per heavy atom. The van der Waals surface area contributed by atoms with Crippen LogP contribution in [0.25, 0.3) is 0 Å². The van der Waals surface area contributed by atoms with E-state index in [1.165, 1.54) is 0 Å². The lowest BCUT2D eigenvalue weighted by Gasteiger charge is -2.19. The maximum atomic E-state index is 12.0. The van der Waals surface area contributed by atoms with E-state index in [1.807, 2.05) is 0 Å². The summed E-state index contributed by atoms with van der Waals surface area (Å²) in [5.74, 6) is -2.20. The summed E-state index contributed by atoms with van der Waals surface area (Å²) < 4.78 is 4.93. The van der Waals surface area contributed by atoms with Gasteiger partial charge in [-0.15, -0.1) is 0 Å². The molecular weight excluding hydrogens is 330 g/mol. The molecule has 2 amide bonds. The molecule has 134 valence electrons. The summed E-state index contributed by atoms with van der Waals surface area (Å²) in [6, 6.07) is 7.97. The van der Waals surface area contributed by atoms with Gasteiger partial charge >= 0.3 is 12.1 Å². The van der Waals surface area contributed by atoms with Gasteiger partial charge in [-0.25, -0.2) is 9.59 Å². The predicted molar refractivity (Wildman–Crippen MR) is 85.1 cm³/mol. The van der Waals surface area contributed by atoms with E-state index in [4.69, 9.17) is 15.1 Å². The van der Waals surface area contributed by atoms with Crippen LogP contribution in [0, 0.1) is 11.3 Å². The molecule has 0 aliphatic heterocycles. The van der Waals surface area contributed by atoms with Crippen LogP contribution in [-0.4, -0.2) is 46.9 Å². The van der Waals surface area contributed by atoms with Crippen molar-refractivity contribution in [2.24, 2.45) is 0 Å². The molecule has 0 aliphatic rings. The molecule has 0 spiro atoms. The monoisotopic (exact) mass is 349 g/mol. The minimum Gasteiger partial charge on any atom is -0.480 e. The Morgan fingerprint density at radius 3 is 2.40 bits per heavy atom. The average molecular weight is 349 g/mol. The first-order valence-corrected chi connectivity index (χ1v) is 7.46. The van der Waals surface area contributed by atoms with Crippen LogP contribution in [0.1, 0.15) is 18.4 Å². The molecule has 0 aromatic heterocycles. The van der Waals surface area contributed by atoms with Gasteiger partial charge in [0, 0.05) is 6.42 Å². The van der Waals surface area contributed by atoms with Crippen molar-refractivity contribution in [3.63, 3.8) is 0 Å². The van der Waals surface area contributed by atoms with Gasteiger partial charge in [-0.3, -0.25) is 4.79 Å². The second kappa shape index (κ2) is 10.6. The molecule has 4 N–H and O–H groups in total. The summed E-state index contributed by atoms with van der Waals surface area (Å²) in [5.41, 5.74) is 0.741. The number of aliphatic hydroxyl groups is 1. The third kappa shape index (κ3) is 7.32. The number of carbonyl (C=O) groups is 3. The van der Waals surface area contributed by atoms with Gasteiger partial charge < -0.3 is 25.6 Å². The van der Waals surface area contributed by atoms with Crippen LogP contribution in [0.4, 0.5) is 4.79 Å². The Morgan fingerprint density at radius 2 is 1.84 bits per heavy atom. The molecule has 1 aromatic rings. The van der Waals surface area contributed by atoms with E-state index in [9.17, 15) is 19.5 Å². The van der Waals surface area contributed by atoms with Crippen LogP contribution in [0.2, 0.25) is 0 Å². The molecule has 0 aliphatic carbocycles. The standard InChI is InChI=1S/C16H19N3O6/c17-8-4-7-12(15(22)23)18-14(21)13(9-20)19-16(24)25-10-11-5-2-1-3-6-11/h1-3,5-6,12-13,20H,4,7,9-10H2,(H,18,21)(H,19,24)(H,22,23)/t12-,13+/m1/s1. The number of carboxylic acids is 1. The van der Waals surface area contributed by atoms with Crippen molar-refractivity contribution in [1.29, 1.82) is 5.26 Å². The molecule has 2 atom stereocenters. The second-order valence-corrected chi connectivity index (χ2v) is 5.04. The van der Waals surface area contributed by atoms with E-state index >= 15 is 0 Å². The highest BCUT2D eigenvalue weighted by Gasteiger charge is 2.26. The third-order valence-corrected chi connectivity index (χ3v) is 3.16. The Labute approximate surface area is 144 Å². The topological polar surface area (TPSA) is 149 Å². The number of rotatable bonds is 9. The number of nitrogens with zero attached hydrogens (tertiary/aromatic N) is 1. The third-order valence-electron chi connectivity index (χ3n) is 3.16. The Balaban J connectivity index is 2.52. The maximum absolute atomic E-state index is 12.0. The second-order valence-electron chi connectivity index (χ2n) is 5.04. The zero-order valence-corrected chi connectivity index (χ0v) is 13.3. The van der Waals surface area contributed by atoms with Crippen LogP contribution >= 0.6 is 0 Å². The summed E-state index contributed by atoms with van der Waals surface area (Å²) in [6.07, 6.45) is -1.08. The summed E-state index contributed by atoms with van der Waals surface area (Å²) in [6.45, 7) is -0.761. The minimum atomic E-state index is -1.37. The predicted octanol–water partition coefficient (Wildman–Crippen LogP) is 0.147. The van der Waals surface area contributed by atoms with Crippen LogP contribution in [0.15, 0.2) is 30.3 Å². The van der Waals surface area contributed by atoms with Gasteiger partial charge in [0.2, 0.25) is 5.91 Å². The number of hydrogen-bond donors (Lipinski definition) is 4. The number of alkyl carbamates (subject to hydrolysis) is 1. The fourth-order valence-electron chi connectivity index (χ4n) is 1.84. The number of nitriles is 1. The van der Waals surface area contributed by atoms with Gasteiger partial charge in [0.25, 0.3) is 0 Å². The molecule has 0 bridgehead atoms. The highest BCUT2D eigenvalue weighted by atomic mass is 16.5. The maximum Gasteiger partial charge on any atom is 0.408 e. The largest absolute Gasteiger partial charge is 0.480 e. The van der Waals surface area contributed by atoms with Crippen molar-refractivity contribution in [3.8, 4) is 6.07 Å².